The van der Waals surface area contributed by atoms with Gasteiger partial charge in [-0.15, -0.1) is 0 Å². The highest BCUT2D eigenvalue weighted by Gasteiger charge is 1.98. The van der Waals surface area contributed by atoms with Crippen LogP contribution in [0, 0.1) is 6.92 Å². The van der Waals surface area contributed by atoms with Crippen molar-refractivity contribution in [3.05, 3.63) is 65.5 Å². The molecule has 0 radical (unpaired) electrons. The SMILES string of the molecule is Cc1c[n+](C)ccc1/C=C/c1ccccc1. The number of pyridine rings is 1. The summed E-state index contributed by atoms with van der Waals surface area (Å²) in [6, 6.07) is 12.5. The number of hydrogen-bond donors (Lipinski definition) is 0. The third kappa shape index (κ3) is 2.57. The van der Waals surface area contributed by atoms with Crippen LogP contribution in [-0.2, 0) is 7.05 Å². The lowest BCUT2D eigenvalue weighted by molar-refractivity contribution is -0.671. The summed E-state index contributed by atoms with van der Waals surface area (Å²) < 4.78 is 2.06. The van der Waals surface area contributed by atoms with Gasteiger partial charge < -0.3 is 0 Å². The molecule has 1 heterocycles. The predicted octanol–water partition coefficient (Wildman–Crippen LogP) is 2.99. The number of rotatable bonds is 2. The van der Waals surface area contributed by atoms with Crippen molar-refractivity contribution in [3.63, 3.8) is 0 Å². The fourth-order valence-electron chi connectivity index (χ4n) is 1.69. The standard InChI is InChI=1S/C15H16N/c1-13-12-16(2)11-10-15(13)9-8-14-6-4-3-5-7-14/h3-12H,1-2H3/q+1/b9-8+. The number of aryl methyl sites for hydroxylation is 2. The van der Waals surface area contributed by atoms with Gasteiger partial charge in [-0.2, -0.15) is 0 Å². The molecule has 0 aliphatic rings. The smallest absolute Gasteiger partial charge is 0.172 e. The summed E-state index contributed by atoms with van der Waals surface area (Å²) >= 11 is 0. The van der Waals surface area contributed by atoms with E-state index >= 15 is 0 Å². The molecule has 0 aliphatic heterocycles. The van der Waals surface area contributed by atoms with Gasteiger partial charge in [-0.25, -0.2) is 4.57 Å². The molecule has 0 fully saturated rings. The van der Waals surface area contributed by atoms with Crippen LogP contribution in [-0.4, -0.2) is 0 Å². The van der Waals surface area contributed by atoms with Gasteiger partial charge in [0.25, 0.3) is 0 Å². The fourth-order valence-corrected chi connectivity index (χ4v) is 1.69. The second-order valence-electron chi connectivity index (χ2n) is 3.99. The van der Waals surface area contributed by atoms with Gasteiger partial charge in [-0.1, -0.05) is 42.5 Å². The van der Waals surface area contributed by atoms with E-state index in [9.17, 15) is 0 Å². The van der Waals surface area contributed by atoms with Crippen LogP contribution >= 0.6 is 0 Å². The summed E-state index contributed by atoms with van der Waals surface area (Å²) in [5.74, 6) is 0. The highest BCUT2D eigenvalue weighted by molar-refractivity contribution is 5.70. The Balaban J connectivity index is 2.24. The van der Waals surface area contributed by atoms with Gasteiger partial charge in [-0.05, 0) is 18.1 Å². The quantitative estimate of drug-likeness (QED) is 0.671. The van der Waals surface area contributed by atoms with Crippen molar-refractivity contribution >= 4 is 12.2 Å². The zero-order chi connectivity index (χ0) is 11.4. The lowest BCUT2D eigenvalue weighted by Gasteiger charge is -1.97. The minimum Gasteiger partial charge on any atom is -0.207 e. The molecule has 0 saturated heterocycles. The first-order valence-electron chi connectivity index (χ1n) is 5.45. The first-order valence-corrected chi connectivity index (χ1v) is 5.45. The van der Waals surface area contributed by atoms with Crippen LogP contribution in [0.4, 0.5) is 0 Å². The van der Waals surface area contributed by atoms with Gasteiger partial charge in [0.1, 0.15) is 7.05 Å². The molecule has 2 aromatic rings. The van der Waals surface area contributed by atoms with Gasteiger partial charge >= 0.3 is 0 Å². The molecule has 1 nitrogen and oxygen atoms in total. The van der Waals surface area contributed by atoms with Crippen molar-refractivity contribution in [2.75, 3.05) is 0 Å². The van der Waals surface area contributed by atoms with Crippen molar-refractivity contribution in [2.45, 2.75) is 6.92 Å². The van der Waals surface area contributed by atoms with Crippen LogP contribution in [0.2, 0.25) is 0 Å². The molecule has 1 aromatic heterocycles. The maximum Gasteiger partial charge on any atom is 0.172 e. The van der Waals surface area contributed by atoms with E-state index in [1.807, 2.05) is 13.1 Å². The molecular weight excluding hydrogens is 194 g/mol. The Morgan fingerprint density at radius 3 is 2.44 bits per heavy atom. The number of hydrogen-bond acceptors (Lipinski definition) is 0. The van der Waals surface area contributed by atoms with E-state index in [1.165, 1.54) is 16.7 Å². The normalized spacial score (nSPS) is 10.9. The summed E-state index contributed by atoms with van der Waals surface area (Å²) in [5.41, 5.74) is 3.79. The molecule has 1 aromatic carbocycles. The van der Waals surface area contributed by atoms with Crippen LogP contribution in [0.25, 0.3) is 12.2 Å². The average molecular weight is 210 g/mol. The zero-order valence-corrected chi connectivity index (χ0v) is 9.72. The van der Waals surface area contributed by atoms with Crippen LogP contribution < -0.4 is 4.57 Å². The van der Waals surface area contributed by atoms with Crippen molar-refractivity contribution in [2.24, 2.45) is 7.05 Å². The Hall–Kier alpha value is -1.89. The largest absolute Gasteiger partial charge is 0.207 e. The summed E-state index contributed by atoms with van der Waals surface area (Å²) in [5, 5.41) is 0. The Morgan fingerprint density at radius 1 is 1.00 bits per heavy atom. The van der Waals surface area contributed by atoms with E-state index in [0.717, 1.165) is 0 Å². The zero-order valence-electron chi connectivity index (χ0n) is 9.72. The van der Waals surface area contributed by atoms with E-state index in [1.54, 1.807) is 0 Å². The third-order valence-electron chi connectivity index (χ3n) is 2.60. The summed E-state index contributed by atoms with van der Waals surface area (Å²) in [7, 11) is 2.04. The number of benzene rings is 1. The monoisotopic (exact) mass is 210 g/mol. The van der Waals surface area contributed by atoms with Crippen molar-refractivity contribution in [1.29, 1.82) is 0 Å². The van der Waals surface area contributed by atoms with Crippen LogP contribution in [0.3, 0.4) is 0 Å². The molecule has 0 N–H and O–H groups in total. The Bertz CT molecular complexity index is 498. The predicted molar refractivity (Wildman–Crippen MR) is 67.7 cm³/mol. The van der Waals surface area contributed by atoms with Gasteiger partial charge in [0, 0.05) is 11.6 Å². The Kier molecular flexibility index (Phi) is 3.16. The van der Waals surface area contributed by atoms with Gasteiger partial charge in [-0.3, -0.25) is 0 Å². The number of nitrogens with zero attached hydrogens (tertiary/aromatic N) is 1. The lowest BCUT2D eigenvalue weighted by atomic mass is 10.1. The van der Waals surface area contributed by atoms with Crippen molar-refractivity contribution in [3.8, 4) is 0 Å². The van der Waals surface area contributed by atoms with Crippen molar-refractivity contribution in [1.82, 2.24) is 0 Å². The molecule has 0 aliphatic carbocycles. The van der Waals surface area contributed by atoms with Crippen LogP contribution in [0.1, 0.15) is 16.7 Å². The summed E-state index contributed by atoms with van der Waals surface area (Å²) in [4.78, 5) is 0. The fraction of sp³-hybridized carbons (Fsp3) is 0.133. The molecule has 16 heavy (non-hydrogen) atoms. The maximum absolute atomic E-state index is 2.16. The molecule has 1 heteroatoms. The molecular formula is C15H16N+. The summed E-state index contributed by atoms with van der Waals surface area (Å²) in [6.45, 7) is 2.13. The molecule has 80 valence electrons. The number of aromatic nitrogens is 1. The van der Waals surface area contributed by atoms with Crippen LogP contribution in [0.5, 0.6) is 0 Å². The molecule has 0 unspecified atom stereocenters. The lowest BCUT2D eigenvalue weighted by Crippen LogP contribution is -2.26. The highest BCUT2D eigenvalue weighted by atomic mass is 14.9. The molecule has 0 saturated carbocycles. The van der Waals surface area contributed by atoms with E-state index < -0.39 is 0 Å². The maximum atomic E-state index is 2.16. The minimum absolute atomic E-state index is 1.23. The van der Waals surface area contributed by atoms with E-state index in [4.69, 9.17) is 0 Å². The first-order chi connectivity index (χ1) is 7.75. The Labute approximate surface area is 96.7 Å². The highest BCUT2D eigenvalue weighted by Crippen LogP contribution is 2.10. The molecule has 0 bridgehead atoms. The second-order valence-corrected chi connectivity index (χ2v) is 3.99. The van der Waals surface area contributed by atoms with E-state index in [0.29, 0.717) is 0 Å². The molecule has 2 rings (SSSR count). The minimum atomic E-state index is 1.23. The van der Waals surface area contributed by atoms with Crippen LogP contribution in [0.15, 0.2) is 48.8 Å². The Morgan fingerprint density at radius 2 is 1.75 bits per heavy atom. The van der Waals surface area contributed by atoms with Crippen molar-refractivity contribution < 1.29 is 4.57 Å². The van der Waals surface area contributed by atoms with E-state index in [2.05, 4.69) is 66.4 Å². The summed E-state index contributed by atoms with van der Waals surface area (Å²) in [6.07, 6.45) is 8.50. The van der Waals surface area contributed by atoms with Gasteiger partial charge in [0.05, 0.1) is 0 Å². The average Bonchev–Trinajstić information content (AvgIpc) is 2.29. The second kappa shape index (κ2) is 4.75. The third-order valence-corrected chi connectivity index (χ3v) is 2.60. The topological polar surface area (TPSA) is 3.88 Å². The van der Waals surface area contributed by atoms with Gasteiger partial charge in [0.2, 0.25) is 0 Å². The van der Waals surface area contributed by atoms with E-state index in [-0.39, 0.29) is 0 Å². The first kappa shape index (κ1) is 10.6. The molecule has 0 atom stereocenters. The van der Waals surface area contributed by atoms with Gasteiger partial charge in [0.15, 0.2) is 12.4 Å². The molecule has 0 amide bonds. The molecule has 0 spiro atoms.